The lowest BCUT2D eigenvalue weighted by Gasteiger charge is -2.25. The zero-order valence-electron chi connectivity index (χ0n) is 12.0. The summed E-state index contributed by atoms with van der Waals surface area (Å²) in [5.74, 6) is -0.946. The summed E-state index contributed by atoms with van der Waals surface area (Å²) in [7, 11) is 1.43. The first-order chi connectivity index (χ1) is 10.1. The van der Waals surface area contributed by atoms with Gasteiger partial charge in [0.15, 0.2) is 18.1 Å². The van der Waals surface area contributed by atoms with Gasteiger partial charge in [0, 0.05) is 14.0 Å². The van der Waals surface area contributed by atoms with Crippen molar-refractivity contribution >= 4 is 24.1 Å². The van der Waals surface area contributed by atoms with Crippen molar-refractivity contribution in [3.05, 3.63) is 42.0 Å². The van der Waals surface area contributed by atoms with E-state index in [4.69, 9.17) is 4.74 Å². The quantitative estimate of drug-likeness (QED) is 0.252. The van der Waals surface area contributed by atoms with E-state index < -0.39 is 17.7 Å². The highest BCUT2D eigenvalue weighted by molar-refractivity contribution is 6.08. The first kappa shape index (κ1) is 16.7. The highest BCUT2D eigenvalue weighted by Gasteiger charge is 2.25. The van der Waals surface area contributed by atoms with Crippen LogP contribution in [0.15, 0.2) is 36.4 Å². The number of ether oxygens (including phenoxy) is 1. The third kappa shape index (κ3) is 5.29. The third-order valence-corrected chi connectivity index (χ3v) is 2.66. The predicted octanol–water partition coefficient (Wildman–Crippen LogP) is 0.793. The maximum absolute atomic E-state index is 12.1. The Kier molecular flexibility index (Phi) is 7.00. The molecule has 0 fully saturated rings. The standard InChI is InChI=1S/C15H18N2O4/c1-12(19)17(16-11-21-2)14(10-18)15(20)9-8-13-6-4-3-5-7-13/h3-10,14,16H,11H2,1-2H3. The van der Waals surface area contributed by atoms with E-state index >= 15 is 0 Å². The monoisotopic (exact) mass is 290 g/mol. The molecule has 0 aromatic heterocycles. The summed E-state index contributed by atoms with van der Waals surface area (Å²) in [5.41, 5.74) is 3.40. The van der Waals surface area contributed by atoms with Crippen LogP contribution in [0.3, 0.4) is 0 Å². The number of amides is 1. The number of hydrazine groups is 1. The molecule has 0 aliphatic rings. The van der Waals surface area contributed by atoms with E-state index in [1.54, 1.807) is 6.08 Å². The van der Waals surface area contributed by atoms with Crippen LogP contribution in [0.25, 0.3) is 6.08 Å². The van der Waals surface area contributed by atoms with E-state index in [9.17, 15) is 14.4 Å². The molecular formula is C15H18N2O4. The molecule has 6 heteroatoms. The molecule has 1 rings (SSSR count). The van der Waals surface area contributed by atoms with Crippen molar-refractivity contribution in [2.75, 3.05) is 13.8 Å². The molecule has 21 heavy (non-hydrogen) atoms. The number of carbonyl (C=O) groups excluding carboxylic acids is 3. The molecule has 1 N–H and O–H groups in total. The van der Waals surface area contributed by atoms with Crippen LogP contribution in [0.5, 0.6) is 0 Å². The van der Waals surface area contributed by atoms with Gasteiger partial charge in [-0.05, 0) is 11.6 Å². The fourth-order valence-corrected chi connectivity index (χ4v) is 1.64. The van der Waals surface area contributed by atoms with Gasteiger partial charge < -0.3 is 9.53 Å². The molecule has 0 saturated carbocycles. The molecule has 1 aromatic rings. The number of aldehydes is 1. The molecule has 1 unspecified atom stereocenters. The number of methoxy groups -OCH3 is 1. The van der Waals surface area contributed by atoms with Gasteiger partial charge in [0.2, 0.25) is 5.91 Å². The smallest absolute Gasteiger partial charge is 0.234 e. The van der Waals surface area contributed by atoms with E-state index in [1.165, 1.54) is 20.1 Å². The Bertz CT molecular complexity index is 514. The van der Waals surface area contributed by atoms with Gasteiger partial charge in [-0.25, -0.2) is 5.43 Å². The molecule has 1 aromatic carbocycles. The molecule has 112 valence electrons. The largest absolute Gasteiger partial charge is 0.368 e. The summed E-state index contributed by atoms with van der Waals surface area (Å²) in [6.45, 7) is 1.27. The number of nitrogens with zero attached hydrogens (tertiary/aromatic N) is 1. The minimum absolute atomic E-state index is 0.0135. The second kappa shape index (κ2) is 8.78. The van der Waals surface area contributed by atoms with Gasteiger partial charge in [0.1, 0.15) is 6.73 Å². The summed E-state index contributed by atoms with van der Waals surface area (Å²) in [4.78, 5) is 34.7. The lowest BCUT2D eigenvalue weighted by Crippen LogP contribution is -2.53. The summed E-state index contributed by atoms with van der Waals surface area (Å²) >= 11 is 0. The number of nitrogens with one attached hydrogen (secondary N) is 1. The van der Waals surface area contributed by atoms with Crippen molar-refractivity contribution in [1.29, 1.82) is 0 Å². The van der Waals surface area contributed by atoms with Crippen molar-refractivity contribution in [1.82, 2.24) is 10.4 Å². The van der Waals surface area contributed by atoms with Crippen LogP contribution in [0.2, 0.25) is 0 Å². The van der Waals surface area contributed by atoms with E-state index in [1.807, 2.05) is 30.3 Å². The van der Waals surface area contributed by atoms with Gasteiger partial charge in [-0.1, -0.05) is 36.4 Å². The number of benzene rings is 1. The first-order valence-electron chi connectivity index (χ1n) is 6.34. The second-order valence-corrected chi connectivity index (χ2v) is 4.21. The number of rotatable bonds is 8. The van der Waals surface area contributed by atoms with Crippen LogP contribution in [0.1, 0.15) is 12.5 Å². The van der Waals surface area contributed by atoms with Gasteiger partial charge in [-0.2, -0.15) is 0 Å². The predicted molar refractivity (Wildman–Crippen MR) is 77.9 cm³/mol. The molecule has 0 aliphatic carbocycles. The SMILES string of the molecule is COCNN(C(C)=O)C(C=O)C(=O)C=Cc1ccccc1. The van der Waals surface area contributed by atoms with Crippen molar-refractivity contribution in [2.45, 2.75) is 13.0 Å². The van der Waals surface area contributed by atoms with Crippen LogP contribution in [-0.4, -0.2) is 42.9 Å². The molecule has 0 saturated heterocycles. The highest BCUT2D eigenvalue weighted by Crippen LogP contribution is 2.04. The van der Waals surface area contributed by atoms with Gasteiger partial charge >= 0.3 is 0 Å². The maximum Gasteiger partial charge on any atom is 0.234 e. The van der Waals surface area contributed by atoms with Crippen LogP contribution in [0.4, 0.5) is 0 Å². The minimum atomic E-state index is -1.22. The maximum atomic E-state index is 12.1. The Labute approximate surface area is 123 Å². The Morgan fingerprint density at radius 2 is 2.00 bits per heavy atom. The number of hydrogen-bond acceptors (Lipinski definition) is 5. The van der Waals surface area contributed by atoms with E-state index in [0.717, 1.165) is 10.6 Å². The molecule has 0 radical (unpaired) electrons. The Morgan fingerprint density at radius 1 is 1.33 bits per heavy atom. The molecular weight excluding hydrogens is 272 g/mol. The van der Waals surface area contributed by atoms with Crippen LogP contribution in [0, 0.1) is 0 Å². The zero-order chi connectivity index (χ0) is 15.7. The average Bonchev–Trinajstić information content (AvgIpc) is 2.49. The first-order valence-corrected chi connectivity index (χ1v) is 6.34. The van der Waals surface area contributed by atoms with Gasteiger partial charge in [-0.3, -0.25) is 14.6 Å². The van der Waals surface area contributed by atoms with Crippen LogP contribution >= 0.6 is 0 Å². The second-order valence-electron chi connectivity index (χ2n) is 4.21. The molecule has 1 atom stereocenters. The summed E-state index contributed by atoms with van der Waals surface area (Å²) in [5, 5.41) is 0.953. The molecule has 0 bridgehead atoms. The summed E-state index contributed by atoms with van der Waals surface area (Å²) in [6.07, 6.45) is 3.29. The summed E-state index contributed by atoms with van der Waals surface area (Å²) < 4.78 is 4.78. The normalized spacial score (nSPS) is 12.1. The zero-order valence-corrected chi connectivity index (χ0v) is 12.0. The molecule has 0 heterocycles. The average molecular weight is 290 g/mol. The van der Waals surface area contributed by atoms with E-state index in [-0.39, 0.29) is 6.73 Å². The lowest BCUT2D eigenvalue weighted by atomic mass is 10.1. The lowest BCUT2D eigenvalue weighted by molar-refractivity contribution is -0.144. The van der Waals surface area contributed by atoms with E-state index in [2.05, 4.69) is 5.43 Å². The number of hydrogen-bond donors (Lipinski definition) is 1. The number of carbonyl (C=O) groups is 3. The minimum Gasteiger partial charge on any atom is -0.368 e. The Hall–Kier alpha value is -2.31. The van der Waals surface area contributed by atoms with Crippen molar-refractivity contribution in [3.63, 3.8) is 0 Å². The van der Waals surface area contributed by atoms with Gasteiger partial charge in [0.05, 0.1) is 0 Å². The Morgan fingerprint density at radius 3 is 2.52 bits per heavy atom. The molecule has 0 spiro atoms. The third-order valence-electron chi connectivity index (χ3n) is 2.66. The van der Waals surface area contributed by atoms with E-state index in [0.29, 0.717) is 6.29 Å². The number of ketones is 1. The van der Waals surface area contributed by atoms with Crippen LogP contribution in [-0.2, 0) is 19.1 Å². The van der Waals surface area contributed by atoms with Crippen LogP contribution < -0.4 is 5.43 Å². The van der Waals surface area contributed by atoms with Gasteiger partial charge in [0.25, 0.3) is 0 Å². The van der Waals surface area contributed by atoms with Crippen molar-refractivity contribution in [2.24, 2.45) is 0 Å². The molecule has 6 nitrogen and oxygen atoms in total. The Balaban J connectivity index is 2.81. The van der Waals surface area contributed by atoms with Gasteiger partial charge in [-0.15, -0.1) is 0 Å². The topological polar surface area (TPSA) is 75.7 Å². The fourth-order valence-electron chi connectivity index (χ4n) is 1.64. The van der Waals surface area contributed by atoms with Crippen molar-refractivity contribution < 1.29 is 19.1 Å². The molecule has 0 aliphatic heterocycles. The molecule has 1 amide bonds. The highest BCUT2D eigenvalue weighted by atomic mass is 16.5. The van der Waals surface area contributed by atoms with Crippen molar-refractivity contribution in [3.8, 4) is 0 Å². The summed E-state index contributed by atoms with van der Waals surface area (Å²) in [6, 6.07) is 7.96. The fraction of sp³-hybridized carbons (Fsp3) is 0.267.